The fraction of sp³-hybridized carbons (Fsp3) is 0.278. The Morgan fingerprint density at radius 3 is 2.57 bits per heavy atom. The molecule has 3 nitrogen and oxygen atoms in total. The fourth-order valence-corrected chi connectivity index (χ4v) is 2.74. The maximum atomic E-state index is 4.43. The van der Waals surface area contributed by atoms with Gasteiger partial charge in [0.25, 0.3) is 0 Å². The molecular formula is C18H21N3. The van der Waals surface area contributed by atoms with E-state index in [0.717, 1.165) is 12.8 Å². The minimum Gasteiger partial charge on any atom is -0.313 e. The van der Waals surface area contributed by atoms with Gasteiger partial charge in [-0.3, -0.25) is 0 Å². The number of nitrogens with one attached hydrogen (secondary N) is 1. The maximum absolute atomic E-state index is 4.43. The van der Waals surface area contributed by atoms with Gasteiger partial charge in [0.1, 0.15) is 0 Å². The number of likely N-dealkylation sites (N-methyl/N-ethyl adjacent to an activating group) is 1. The predicted molar refractivity (Wildman–Crippen MR) is 86.5 cm³/mol. The van der Waals surface area contributed by atoms with Crippen LogP contribution in [-0.4, -0.2) is 16.7 Å². The number of hydrogen-bond donors (Lipinski definition) is 1. The van der Waals surface area contributed by atoms with Gasteiger partial charge in [-0.05, 0) is 43.1 Å². The first-order valence-corrected chi connectivity index (χ1v) is 7.49. The topological polar surface area (TPSA) is 29.3 Å². The molecular weight excluding hydrogens is 258 g/mol. The Labute approximate surface area is 125 Å². The minimum atomic E-state index is 0.275. The monoisotopic (exact) mass is 279 g/mol. The zero-order valence-corrected chi connectivity index (χ0v) is 12.6. The van der Waals surface area contributed by atoms with Crippen molar-refractivity contribution in [1.29, 1.82) is 0 Å². The third-order valence-electron chi connectivity index (χ3n) is 4.05. The van der Waals surface area contributed by atoms with E-state index in [0.29, 0.717) is 0 Å². The van der Waals surface area contributed by atoms with Crippen molar-refractivity contribution < 1.29 is 0 Å². The summed E-state index contributed by atoms with van der Waals surface area (Å²) < 4.78 is 1.93. The third kappa shape index (κ3) is 2.83. The number of aromatic nitrogens is 2. The number of aryl methyl sites for hydroxylation is 1. The zero-order valence-electron chi connectivity index (χ0n) is 12.6. The molecule has 0 bridgehead atoms. The quantitative estimate of drug-likeness (QED) is 0.775. The highest BCUT2D eigenvalue weighted by Crippen LogP contribution is 2.22. The van der Waals surface area contributed by atoms with Gasteiger partial charge in [0, 0.05) is 17.8 Å². The van der Waals surface area contributed by atoms with E-state index in [9.17, 15) is 0 Å². The van der Waals surface area contributed by atoms with Crippen LogP contribution in [0.5, 0.6) is 0 Å². The van der Waals surface area contributed by atoms with Gasteiger partial charge >= 0.3 is 0 Å². The van der Waals surface area contributed by atoms with Crippen LogP contribution in [0.15, 0.2) is 54.9 Å². The van der Waals surface area contributed by atoms with Crippen LogP contribution < -0.4 is 5.32 Å². The van der Waals surface area contributed by atoms with Crippen LogP contribution in [0.3, 0.4) is 0 Å². The van der Waals surface area contributed by atoms with E-state index in [1.54, 1.807) is 0 Å². The Morgan fingerprint density at radius 1 is 1.10 bits per heavy atom. The van der Waals surface area contributed by atoms with Crippen LogP contribution in [-0.2, 0) is 12.8 Å². The maximum Gasteiger partial charge on any atom is 0.0709 e. The highest BCUT2D eigenvalue weighted by Gasteiger charge is 2.15. The highest BCUT2D eigenvalue weighted by molar-refractivity contribution is 5.55. The molecule has 0 saturated heterocycles. The smallest absolute Gasteiger partial charge is 0.0709 e. The Bertz CT molecular complexity index is 713. The van der Waals surface area contributed by atoms with E-state index in [-0.39, 0.29) is 6.04 Å². The second-order valence-corrected chi connectivity index (χ2v) is 5.35. The van der Waals surface area contributed by atoms with Crippen LogP contribution in [0.4, 0.5) is 0 Å². The van der Waals surface area contributed by atoms with Crippen LogP contribution in [0, 0.1) is 0 Å². The number of hydrogen-bond acceptors (Lipinski definition) is 2. The molecule has 2 aromatic heterocycles. The van der Waals surface area contributed by atoms with Crippen LogP contribution in [0.25, 0.3) is 5.52 Å². The van der Waals surface area contributed by atoms with Crippen molar-refractivity contribution in [2.45, 2.75) is 25.8 Å². The second kappa shape index (κ2) is 6.10. The molecule has 21 heavy (non-hydrogen) atoms. The lowest BCUT2D eigenvalue weighted by Gasteiger charge is -2.15. The van der Waals surface area contributed by atoms with Crippen molar-refractivity contribution in [2.75, 3.05) is 7.05 Å². The van der Waals surface area contributed by atoms with E-state index < -0.39 is 0 Å². The van der Waals surface area contributed by atoms with Crippen LogP contribution in [0.1, 0.15) is 29.7 Å². The van der Waals surface area contributed by atoms with Crippen LogP contribution >= 0.6 is 0 Å². The summed E-state index contributed by atoms with van der Waals surface area (Å²) in [4.78, 5) is 0. The largest absolute Gasteiger partial charge is 0.313 e. The third-order valence-corrected chi connectivity index (χ3v) is 4.05. The number of benzene rings is 1. The van der Waals surface area contributed by atoms with Gasteiger partial charge in [0.05, 0.1) is 11.7 Å². The molecule has 1 unspecified atom stereocenters. The summed E-state index contributed by atoms with van der Waals surface area (Å²) in [6.07, 6.45) is 6.01. The van der Waals surface area contributed by atoms with Crippen molar-refractivity contribution >= 4 is 5.52 Å². The molecule has 0 aliphatic rings. The number of pyridine rings is 1. The summed E-state index contributed by atoms with van der Waals surface area (Å²) in [6.45, 7) is 2.18. The average molecular weight is 279 g/mol. The molecule has 0 saturated carbocycles. The molecule has 0 aliphatic carbocycles. The normalized spacial score (nSPS) is 12.7. The summed E-state index contributed by atoms with van der Waals surface area (Å²) in [5, 5.41) is 7.85. The summed E-state index contributed by atoms with van der Waals surface area (Å²) in [5.74, 6) is 0. The molecule has 0 spiro atoms. The SMILES string of the molecule is CCc1ccc(CC(NC)c2cnn3ccccc23)cc1. The summed E-state index contributed by atoms with van der Waals surface area (Å²) in [5.41, 5.74) is 5.15. The number of fused-ring (bicyclic) bond motifs is 1. The van der Waals surface area contributed by atoms with Gasteiger partial charge in [-0.25, -0.2) is 4.52 Å². The molecule has 108 valence electrons. The summed E-state index contributed by atoms with van der Waals surface area (Å²) >= 11 is 0. The molecule has 0 aliphatic heterocycles. The summed E-state index contributed by atoms with van der Waals surface area (Å²) in [7, 11) is 2.01. The van der Waals surface area contributed by atoms with Gasteiger partial charge in [-0.1, -0.05) is 37.3 Å². The molecule has 1 atom stereocenters. The van der Waals surface area contributed by atoms with Gasteiger partial charge in [0.2, 0.25) is 0 Å². The molecule has 0 radical (unpaired) electrons. The Morgan fingerprint density at radius 2 is 1.86 bits per heavy atom. The molecule has 3 aromatic rings. The van der Waals surface area contributed by atoms with Crippen molar-refractivity contribution in [1.82, 2.24) is 14.9 Å². The molecule has 3 rings (SSSR count). The Hall–Kier alpha value is -2.13. The Kier molecular flexibility index (Phi) is 4.02. The summed E-state index contributed by atoms with van der Waals surface area (Å²) in [6, 6.07) is 15.4. The molecule has 1 aromatic carbocycles. The average Bonchev–Trinajstić information content (AvgIpc) is 2.97. The van der Waals surface area contributed by atoms with Crippen molar-refractivity contribution in [3.05, 3.63) is 71.5 Å². The second-order valence-electron chi connectivity index (χ2n) is 5.35. The first kappa shape index (κ1) is 13.8. The highest BCUT2D eigenvalue weighted by atomic mass is 15.2. The van der Waals surface area contributed by atoms with E-state index >= 15 is 0 Å². The van der Waals surface area contributed by atoms with Gasteiger partial charge in [-0.2, -0.15) is 5.10 Å². The van der Waals surface area contributed by atoms with Crippen LogP contribution in [0.2, 0.25) is 0 Å². The lowest BCUT2D eigenvalue weighted by Crippen LogP contribution is -2.18. The van der Waals surface area contributed by atoms with E-state index in [1.807, 2.05) is 30.0 Å². The van der Waals surface area contributed by atoms with Crippen molar-refractivity contribution in [2.24, 2.45) is 0 Å². The molecule has 3 heteroatoms. The lowest BCUT2D eigenvalue weighted by atomic mass is 9.99. The first-order chi connectivity index (χ1) is 10.3. The van der Waals surface area contributed by atoms with Crippen molar-refractivity contribution in [3.63, 3.8) is 0 Å². The standard InChI is InChI=1S/C18H21N3/c1-3-14-7-9-15(10-8-14)12-17(19-2)16-13-20-21-11-5-4-6-18(16)21/h4-11,13,17,19H,3,12H2,1-2H3. The van der Waals surface area contributed by atoms with Gasteiger partial charge in [0.15, 0.2) is 0 Å². The molecule has 0 fully saturated rings. The fourth-order valence-electron chi connectivity index (χ4n) is 2.74. The number of rotatable bonds is 5. The zero-order chi connectivity index (χ0) is 14.7. The predicted octanol–water partition coefficient (Wildman–Crippen LogP) is 3.40. The minimum absolute atomic E-state index is 0.275. The van der Waals surface area contributed by atoms with Crippen molar-refractivity contribution in [3.8, 4) is 0 Å². The van der Waals surface area contributed by atoms with E-state index in [1.165, 1.54) is 22.2 Å². The lowest BCUT2D eigenvalue weighted by molar-refractivity contribution is 0.596. The van der Waals surface area contributed by atoms with Gasteiger partial charge < -0.3 is 5.32 Å². The molecule has 2 heterocycles. The molecule has 0 amide bonds. The molecule has 1 N–H and O–H groups in total. The van der Waals surface area contributed by atoms with E-state index in [2.05, 4.69) is 53.7 Å². The first-order valence-electron chi connectivity index (χ1n) is 7.49. The van der Waals surface area contributed by atoms with E-state index in [4.69, 9.17) is 0 Å². The Balaban J connectivity index is 1.87. The number of nitrogens with zero attached hydrogens (tertiary/aromatic N) is 2. The van der Waals surface area contributed by atoms with Gasteiger partial charge in [-0.15, -0.1) is 0 Å².